The molecule has 2 aliphatic rings. The lowest BCUT2D eigenvalue weighted by Crippen LogP contribution is -2.40. The van der Waals surface area contributed by atoms with Gasteiger partial charge in [0, 0.05) is 56.1 Å². The first-order valence-corrected chi connectivity index (χ1v) is 16.2. The topological polar surface area (TPSA) is 93.5 Å². The maximum atomic E-state index is 13.1. The number of aromatic nitrogens is 4. The highest BCUT2D eigenvalue weighted by molar-refractivity contribution is 7.99. The van der Waals surface area contributed by atoms with Crippen molar-refractivity contribution in [1.29, 1.82) is 0 Å². The molecule has 2 aliphatic heterocycles. The van der Waals surface area contributed by atoms with Crippen LogP contribution < -0.4 is 0 Å². The molecule has 0 unspecified atom stereocenters. The molecule has 9 nitrogen and oxygen atoms in total. The van der Waals surface area contributed by atoms with Crippen molar-refractivity contribution in [3.8, 4) is 11.4 Å². The molecule has 4 heterocycles. The zero-order valence-corrected chi connectivity index (χ0v) is 24.3. The highest BCUT2D eigenvalue weighted by Gasteiger charge is 2.27. The van der Waals surface area contributed by atoms with Gasteiger partial charge < -0.3 is 14.2 Å². The Balaban J connectivity index is 1.02. The number of nitrogens with zero attached hydrogens (tertiary/aromatic N) is 6. The molecule has 2 aromatic carbocycles. The van der Waals surface area contributed by atoms with E-state index in [9.17, 15) is 8.42 Å². The second-order valence-corrected chi connectivity index (χ2v) is 13.3. The number of ether oxygens (including phenoxy) is 1. The number of hydrogen-bond acceptors (Lipinski definition) is 8. The quantitative estimate of drug-likeness (QED) is 0.231. The Morgan fingerprint density at radius 2 is 1.77 bits per heavy atom. The van der Waals surface area contributed by atoms with Crippen LogP contribution in [0.25, 0.3) is 22.3 Å². The third-order valence-electron chi connectivity index (χ3n) is 7.73. The molecule has 0 bridgehead atoms. The Kier molecular flexibility index (Phi) is 8.17. The molecule has 0 N–H and O–H groups in total. The van der Waals surface area contributed by atoms with Gasteiger partial charge in [0.25, 0.3) is 0 Å². The smallest absolute Gasteiger partial charge is 0.243 e. The normalized spacial score (nSPS) is 17.1. The lowest BCUT2D eigenvalue weighted by Gasteiger charge is -2.26. The maximum absolute atomic E-state index is 13.1. The number of morpholine rings is 1. The van der Waals surface area contributed by atoms with Crippen LogP contribution in [0, 0.1) is 0 Å². The molecule has 0 amide bonds. The lowest BCUT2D eigenvalue weighted by atomic mass is 10.0. The number of thioether (sulfide) groups is 1. The summed E-state index contributed by atoms with van der Waals surface area (Å²) in [5.41, 5.74) is 4.42. The summed E-state index contributed by atoms with van der Waals surface area (Å²) >= 11 is 1.74. The van der Waals surface area contributed by atoms with Crippen molar-refractivity contribution in [2.24, 2.45) is 7.05 Å². The molecule has 0 aliphatic carbocycles. The SMILES string of the molecule is Cn1c(SCCCN2CCc3ccc(S(=O)(=O)N4CCOCC4)cc3CC2)nnc1-c1ccc2ncccc2c1. The van der Waals surface area contributed by atoms with E-state index in [1.165, 1.54) is 9.87 Å². The molecule has 0 atom stereocenters. The minimum Gasteiger partial charge on any atom is -0.379 e. The van der Waals surface area contributed by atoms with Gasteiger partial charge >= 0.3 is 0 Å². The molecule has 4 aromatic rings. The fourth-order valence-corrected chi connectivity index (χ4v) is 7.72. The molecule has 0 saturated carbocycles. The maximum Gasteiger partial charge on any atom is 0.243 e. The van der Waals surface area contributed by atoms with Crippen LogP contribution in [0.2, 0.25) is 0 Å². The number of rotatable bonds is 8. The van der Waals surface area contributed by atoms with Gasteiger partial charge in [0.05, 0.1) is 23.6 Å². The molecule has 40 heavy (non-hydrogen) atoms. The van der Waals surface area contributed by atoms with Gasteiger partial charge in [0.15, 0.2) is 11.0 Å². The van der Waals surface area contributed by atoms with Crippen LogP contribution in [0.1, 0.15) is 17.5 Å². The number of sulfonamides is 1. The van der Waals surface area contributed by atoms with Crippen LogP contribution in [0.3, 0.4) is 0 Å². The molecule has 6 rings (SSSR count). The average molecular weight is 579 g/mol. The van der Waals surface area contributed by atoms with Crippen LogP contribution >= 0.6 is 11.8 Å². The Labute approximate surface area is 239 Å². The molecule has 1 fully saturated rings. The minimum absolute atomic E-state index is 0.404. The third-order valence-corrected chi connectivity index (χ3v) is 10.7. The predicted octanol–water partition coefficient (Wildman–Crippen LogP) is 3.63. The first-order valence-electron chi connectivity index (χ1n) is 13.8. The first kappa shape index (κ1) is 27.3. The monoisotopic (exact) mass is 578 g/mol. The molecular weight excluding hydrogens is 544 g/mol. The summed E-state index contributed by atoms with van der Waals surface area (Å²) in [6.45, 7) is 4.67. The average Bonchev–Trinajstić information content (AvgIpc) is 3.23. The number of benzene rings is 2. The second kappa shape index (κ2) is 12.0. The molecule has 0 spiro atoms. The van der Waals surface area contributed by atoms with E-state index in [1.54, 1.807) is 24.0 Å². The molecule has 210 valence electrons. The number of pyridine rings is 1. The van der Waals surface area contributed by atoms with Crippen LogP contribution in [-0.4, -0.2) is 89.1 Å². The van der Waals surface area contributed by atoms with E-state index >= 15 is 0 Å². The van der Waals surface area contributed by atoms with Gasteiger partial charge in [0.2, 0.25) is 10.0 Å². The van der Waals surface area contributed by atoms with E-state index in [-0.39, 0.29) is 0 Å². The van der Waals surface area contributed by atoms with E-state index in [0.29, 0.717) is 31.2 Å². The zero-order valence-electron chi connectivity index (χ0n) is 22.7. The summed E-state index contributed by atoms with van der Waals surface area (Å²) in [7, 11) is -1.45. The van der Waals surface area contributed by atoms with Crippen molar-refractivity contribution >= 4 is 32.7 Å². The number of fused-ring (bicyclic) bond motifs is 2. The van der Waals surface area contributed by atoms with Crippen molar-refractivity contribution in [3.05, 3.63) is 65.9 Å². The van der Waals surface area contributed by atoms with Gasteiger partial charge in [-0.1, -0.05) is 23.9 Å². The summed E-state index contributed by atoms with van der Waals surface area (Å²) in [4.78, 5) is 7.29. The predicted molar refractivity (Wildman–Crippen MR) is 157 cm³/mol. The van der Waals surface area contributed by atoms with Gasteiger partial charge in [-0.05, 0) is 73.3 Å². The van der Waals surface area contributed by atoms with Crippen molar-refractivity contribution in [2.45, 2.75) is 29.3 Å². The fraction of sp³-hybridized carbons (Fsp3) is 0.414. The largest absolute Gasteiger partial charge is 0.379 e. The van der Waals surface area contributed by atoms with Gasteiger partial charge in [-0.2, -0.15) is 4.31 Å². The van der Waals surface area contributed by atoms with Crippen LogP contribution in [0.4, 0.5) is 0 Å². The summed E-state index contributed by atoms with van der Waals surface area (Å²) in [6, 6.07) is 15.9. The van der Waals surface area contributed by atoms with Crippen LogP contribution in [0.15, 0.2) is 64.8 Å². The van der Waals surface area contributed by atoms with Gasteiger partial charge in [-0.15, -0.1) is 10.2 Å². The fourth-order valence-electron chi connectivity index (χ4n) is 5.43. The van der Waals surface area contributed by atoms with Crippen LogP contribution in [-0.2, 0) is 34.6 Å². The van der Waals surface area contributed by atoms with Gasteiger partial charge in [-0.3, -0.25) is 4.98 Å². The van der Waals surface area contributed by atoms with Crippen molar-refractivity contribution in [1.82, 2.24) is 29.0 Å². The summed E-state index contributed by atoms with van der Waals surface area (Å²) in [5.74, 6) is 1.81. The van der Waals surface area contributed by atoms with E-state index in [0.717, 1.165) is 77.7 Å². The van der Waals surface area contributed by atoms with Crippen molar-refractivity contribution < 1.29 is 13.2 Å². The van der Waals surface area contributed by atoms with Crippen LogP contribution in [0.5, 0.6) is 0 Å². The highest BCUT2D eigenvalue weighted by atomic mass is 32.2. The van der Waals surface area contributed by atoms with Crippen molar-refractivity contribution in [2.75, 3.05) is 51.7 Å². The molecule has 11 heteroatoms. The first-order chi connectivity index (χ1) is 19.5. The van der Waals surface area contributed by atoms with Crippen molar-refractivity contribution in [3.63, 3.8) is 0 Å². The van der Waals surface area contributed by atoms with Gasteiger partial charge in [0.1, 0.15) is 0 Å². The highest BCUT2D eigenvalue weighted by Crippen LogP contribution is 2.27. The standard InChI is InChI=1S/C29H34N6O3S2/c1-33-28(25-6-8-27-24(20-25)4-2-11-30-27)31-32-29(33)39-19-3-12-34-13-9-22-5-7-26(21-23(22)10-14-34)40(36,37)35-15-17-38-18-16-35/h2,4-8,11,20-21H,3,9-10,12-19H2,1H3. The summed E-state index contributed by atoms with van der Waals surface area (Å²) in [6.07, 6.45) is 4.65. The zero-order chi connectivity index (χ0) is 27.5. The molecule has 2 aromatic heterocycles. The van der Waals surface area contributed by atoms with Gasteiger partial charge in [-0.25, -0.2) is 8.42 Å². The minimum atomic E-state index is -3.47. The number of hydrogen-bond donors (Lipinski definition) is 0. The van der Waals surface area contributed by atoms with E-state index in [1.807, 2.05) is 37.4 Å². The Bertz CT molecular complexity index is 1600. The second-order valence-electron chi connectivity index (χ2n) is 10.3. The Hall–Kier alpha value is -2.83. The third kappa shape index (κ3) is 5.80. The molecule has 1 saturated heterocycles. The molecule has 0 radical (unpaired) electrons. The van der Waals surface area contributed by atoms with E-state index in [2.05, 4.69) is 36.8 Å². The Morgan fingerprint density at radius 3 is 2.62 bits per heavy atom. The van der Waals surface area contributed by atoms with E-state index in [4.69, 9.17) is 4.74 Å². The molecular formula is C29H34N6O3S2. The lowest BCUT2D eigenvalue weighted by molar-refractivity contribution is 0.0730. The summed E-state index contributed by atoms with van der Waals surface area (Å²) in [5, 5.41) is 10.9. The van der Waals surface area contributed by atoms with E-state index < -0.39 is 10.0 Å². The summed E-state index contributed by atoms with van der Waals surface area (Å²) < 4.78 is 35.2. The Morgan fingerprint density at radius 1 is 0.950 bits per heavy atom.